The monoisotopic (exact) mass is 718 g/mol. The van der Waals surface area contributed by atoms with Crippen molar-refractivity contribution in [1.29, 1.82) is 0 Å². The maximum atomic E-state index is 13.2. The van der Waals surface area contributed by atoms with Crippen molar-refractivity contribution in [3.05, 3.63) is 53.7 Å². The number of aryl methyl sites for hydroxylation is 1. The van der Waals surface area contributed by atoms with E-state index >= 15 is 0 Å². The molecular formula is C29H34N8O10S2. The average Bonchev–Trinajstić information content (AvgIpc) is 3.49. The molecule has 0 radical (unpaired) electrons. The van der Waals surface area contributed by atoms with Crippen LogP contribution in [0.2, 0.25) is 0 Å². The number of aliphatic carboxylic acids is 1. The molecule has 49 heavy (non-hydrogen) atoms. The van der Waals surface area contributed by atoms with Gasteiger partial charge in [0, 0.05) is 30.1 Å². The number of carboxylic acids is 1. The number of oxime groups is 1. The zero-order valence-electron chi connectivity index (χ0n) is 26.6. The summed E-state index contributed by atoms with van der Waals surface area (Å²) in [5, 5.41) is 20.9. The second-order valence-corrected chi connectivity index (χ2v) is 13.4. The minimum atomic E-state index is -5.27. The summed E-state index contributed by atoms with van der Waals surface area (Å²) in [6.07, 6.45) is 0.356. The van der Waals surface area contributed by atoms with Crippen molar-refractivity contribution in [2.45, 2.75) is 31.5 Å². The number of carbonyl (C=O) groups is 3. The summed E-state index contributed by atoms with van der Waals surface area (Å²) < 4.78 is 44.9. The summed E-state index contributed by atoms with van der Waals surface area (Å²) in [4.78, 5) is 49.3. The number of carbonyl (C=O) groups excluding carboxylic acids is 2. The van der Waals surface area contributed by atoms with Crippen LogP contribution in [0.3, 0.4) is 0 Å². The van der Waals surface area contributed by atoms with Gasteiger partial charge < -0.3 is 35.6 Å². The zero-order chi connectivity index (χ0) is 35.5. The Morgan fingerprint density at radius 1 is 1.22 bits per heavy atom. The number of rotatable bonds is 13. The van der Waals surface area contributed by atoms with Gasteiger partial charge in [-0.25, -0.2) is 22.8 Å². The van der Waals surface area contributed by atoms with Gasteiger partial charge in [0.25, 0.3) is 23.7 Å². The highest BCUT2D eigenvalue weighted by Crippen LogP contribution is 2.33. The van der Waals surface area contributed by atoms with Crippen molar-refractivity contribution in [1.82, 2.24) is 20.7 Å². The van der Waals surface area contributed by atoms with Crippen LogP contribution in [0.1, 0.15) is 19.5 Å². The van der Waals surface area contributed by atoms with Crippen LogP contribution >= 0.6 is 11.3 Å². The maximum Gasteiger partial charge on any atom is 0.351 e. The number of nitrogens with one attached hydrogen (secondary N) is 2. The van der Waals surface area contributed by atoms with Crippen LogP contribution in [0.15, 0.2) is 53.1 Å². The van der Waals surface area contributed by atoms with Gasteiger partial charge in [0.2, 0.25) is 10.4 Å². The van der Waals surface area contributed by atoms with E-state index < -0.39 is 58.2 Å². The molecule has 2 aliphatic rings. The van der Waals surface area contributed by atoms with Crippen molar-refractivity contribution in [3.8, 4) is 16.9 Å². The highest BCUT2D eigenvalue weighted by Gasteiger charge is 2.57. The molecule has 2 atom stereocenters. The maximum absolute atomic E-state index is 13.2. The van der Waals surface area contributed by atoms with Crippen LogP contribution in [-0.2, 0) is 41.0 Å². The molecule has 4 heterocycles. The third-order valence-electron chi connectivity index (χ3n) is 7.78. The lowest BCUT2D eigenvalue weighted by molar-refractivity contribution is -0.658. The van der Waals surface area contributed by atoms with Gasteiger partial charge in [0.05, 0.1) is 31.9 Å². The highest BCUT2D eigenvalue weighted by molar-refractivity contribution is 7.80. The van der Waals surface area contributed by atoms with Crippen LogP contribution in [0.4, 0.5) is 10.9 Å². The molecule has 0 saturated carbocycles. The Labute approximate surface area is 285 Å². The quantitative estimate of drug-likeness (QED) is 0.0430. The average molecular weight is 719 g/mol. The minimum Gasteiger partial charge on any atom is -0.724 e. The summed E-state index contributed by atoms with van der Waals surface area (Å²) in [5.74, 6) is -2.04. The Kier molecular flexibility index (Phi) is 10.3. The lowest BCUT2D eigenvalue weighted by atomic mass is 9.84. The third kappa shape index (κ3) is 8.23. The third-order valence-corrected chi connectivity index (χ3v) is 8.79. The number of pyridine rings is 1. The van der Waals surface area contributed by atoms with Gasteiger partial charge in [-0.15, -0.1) is 11.3 Å². The number of hydrogen-bond acceptors (Lipinski definition) is 15. The van der Waals surface area contributed by atoms with Gasteiger partial charge >= 0.3 is 5.97 Å². The van der Waals surface area contributed by atoms with Crippen LogP contribution in [0.25, 0.3) is 11.1 Å². The Hall–Kier alpha value is -4.89. The van der Waals surface area contributed by atoms with E-state index in [9.17, 15) is 32.5 Å². The minimum absolute atomic E-state index is 0.0570. The van der Waals surface area contributed by atoms with Gasteiger partial charge in [0.15, 0.2) is 10.8 Å². The molecule has 1 aromatic carbocycles. The summed E-state index contributed by atoms with van der Waals surface area (Å²) in [6, 6.07) is 9.79. The molecule has 2 aliphatic heterocycles. The first-order valence-electron chi connectivity index (χ1n) is 14.8. The first-order chi connectivity index (χ1) is 23.1. The molecule has 0 bridgehead atoms. The number of nitrogen functional groups attached to an aromatic ring is 1. The second kappa shape index (κ2) is 14.3. The fraction of sp³-hybridized carbons (Fsp3) is 0.379. The number of thiazole rings is 1. The molecule has 5 rings (SSSR count). The summed E-state index contributed by atoms with van der Waals surface area (Å²) in [6.45, 7) is 5.90. The fourth-order valence-electron chi connectivity index (χ4n) is 5.19. The predicted molar refractivity (Wildman–Crippen MR) is 173 cm³/mol. The number of benzene rings is 1. The fourth-order valence-corrected chi connectivity index (χ4v) is 6.18. The van der Waals surface area contributed by atoms with Gasteiger partial charge in [-0.05, 0) is 37.6 Å². The molecule has 0 aliphatic carbocycles. The van der Waals surface area contributed by atoms with Crippen LogP contribution in [-0.4, -0.2) is 102 Å². The number of aromatic nitrogens is 2. The number of hydroxylamine groups is 2. The number of amides is 2. The number of β-lactam (4-membered cyclic amide) rings is 1. The smallest absolute Gasteiger partial charge is 0.351 e. The molecule has 2 amide bonds. The highest BCUT2D eigenvalue weighted by atomic mass is 32.3. The van der Waals surface area contributed by atoms with Gasteiger partial charge in [0.1, 0.15) is 24.1 Å². The molecule has 18 nitrogen and oxygen atoms in total. The summed E-state index contributed by atoms with van der Waals surface area (Å²) in [5.41, 5.74) is 5.52. The van der Waals surface area contributed by atoms with Gasteiger partial charge in [-0.2, -0.15) is 9.35 Å². The van der Waals surface area contributed by atoms with E-state index in [1.165, 1.54) is 19.2 Å². The molecule has 5 N–H and O–H groups in total. The molecule has 262 valence electrons. The van der Waals surface area contributed by atoms with Crippen molar-refractivity contribution in [3.63, 3.8) is 0 Å². The van der Waals surface area contributed by atoms with Gasteiger partial charge in [-0.1, -0.05) is 17.3 Å². The van der Waals surface area contributed by atoms with E-state index in [1.807, 2.05) is 31.4 Å². The molecule has 3 aromatic rings. The Balaban J connectivity index is 1.24. The molecule has 0 spiro atoms. The summed E-state index contributed by atoms with van der Waals surface area (Å²) in [7, 11) is -3.27. The largest absolute Gasteiger partial charge is 0.724 e. The van der Waals surface area contributed by atoms with E-state index in [0.717, 1.165) is 54.5 Å². The molecule has 2 saturated heterocycles. The van der Waals surface area contributed by atoms with E-state index in [1.54, 1.807) is 12.1 Å². The molecule has 2 fully saturated rings. The van der Waals surface area contributed by atoms with E-state index in [4.69, 9.17) is 15.3 Å². The topological polar surface area (TPSA) is 242 Å². The number of nitrogens with zero attached hydrogens (tertiary/aromatic N) is 5. The van der Waals surface area contributed by atoms with Gasteiger partial charge in [-0.3, -0.25) is 14.5 Å². The zero-order valence-corrected chi connectivity index (χ0v) is 28.2. The van der Waals surface area contributed by atoms with Crippen molar-refractivity contribution in [2.75, 3.05) is 43.4 Å². The molecular weight excluding hydrogens is 684 g/mol. The SMILES string of the molecule is C[n+]1cc(-c2ccc(OC[C@H](O/N=C(\C(=O)N[C@@H]3C(=O)N(OS(=O)(=O)[O-])C3(C)C)c3csc(N)n3)C(=O)O)cc2)ccc1N1CCNCC1. The Bertz CT molecular complexity index is 1860. The molecule has 20 heteroatoms. The van der Waals surface area contributed by atoms with Crippen LogP contribution in [0, 0.1) is 0 Å². The molecule has 2 aromatic heterocycles. The van der Waals surface area contributed by atoms with Crippen molar-refractivity contribution in [2.24, 2.45) is 12.2 Å². The van der Waals surface area contributed by atoms with E-state index in [2.05, 4.69) is 40.6 Å². The number of ether oxygens (including phenoxy) is 1. The van der Waals surface area contributed by atoms with Crippen molar-refractivity contribution >= 4 is 56.2 Å². The van der Waals surface area contributed by atoms with Crippen LogP contribution in [0.5, 0.6) is 5.75 Å². The molecule has 0 unspecified atom stereocenters. The predicted octanol–water partition coefficient (Wildman–Crippen LogP) is -0.623. The lowest BCUT2D eigenvalue weighted by Gasteiger charge is -2.51. The van der Waals surface area contributed by atoms with Crippen molar-refractivity contribution < 1.29 is 50.9 Å². The standard InChI is InChI=1S/C29H34N8O10S2/c1-29(2)24(26(39)37(29)47-49(42,43)44)33-25(38)23(20-16-48-28(30)32-20)34-46-21(27(40)41)15-45-19-7-4-17(5-8-19)18-6-9-22(35(3)14-18)36-12-10-31-11-13-36/h4-9,14,16,21,24,31H,10-13,15H2,1-3H3,(H4-,30,32,33,38,40,41,42,43,44)/b34-23-/t21-,24+/m0/s1. The van der Waals surface area contributed by atoms with Crippen LogP contribution < -0.4 is 30.6 Å². The van der Waals surface area contributed by atoms with E-state index in [0.29, 0.717) is 10.8 Å². The first-order valence-corrected chi connectivity index (χ1v) is 17.0. The number of hydrogen-bond donors (Lipinski definition) is 4. The number of anilines is 2. The van der Waals surface area contributed by atoms with E-state index in [-0.39, 0.29) is 10.8 Å². The Morgan fingerprint density at radius 2 is 1.90 bits per heavy atom. The normalized spacial score (nSPS) is 18.4. The summed E-state index contributed by atoms with van der Waals surface area (Å²) >= 11 is 0.958. The first kappa shape index (κ1) is 35.4. The number of carboxylic acid groups (broad SMARTS) is 1. The second-order valence-electron chi connectivity index (χ2n) is 11.6. The number of nitrogens with two attached hydrogens (primary N) is 1. The lowest BCUT2D eigenvalue weighted by Crippen LogP contribution is -2.76. The Morgan fingerprint density at radius 3 is 2.47 bits per heavy atom. The number of piperazine rings is 1.